The lowest BCUT2D eigenvalue weighted by Crippen LogP contribution is -2.26. The lowest BCUT2D eigenvalue weighted by molar-refractivity contribution is 0.504. The minimum Gasteiger partial charge on any atom is -0.384 e. The first-order chi connectivity index (χ1) is 18.3. The Bertz CT molecular complexity index is 1830. The summed E-state index contributed by atoms with van der Waals surface area (Å²) in [5.41, 5.74) is 7.69. The van der Waals surface area contributed by atoms with E-state index in [0.29, 0.717) is 21.8 Å². The SMILES string of the molecule is Nc1ccc(-c2nc(C3C4CC4c4cc(-c5cc(Cl)ccc5-n5cc(Cl)nn5)cc(=O)n43)[nH]c2F)c(F)n1. The Balaban J connectivity index is 1.32. The number of aromatic nitrogens is 7. The summed E-state index contributed by atoms with van der Waals surface area (Å²) in [5.74, 6) is -1.36. The zero-order valence-electron chi connectivity index (χ0n) is 19.2. The fourth-order valence-electron chi connectivity index (χ4n) is 5.37. The molecule has 0 radical (unpaired) electrons. The number of imidazole rings is 1. The number of nitrogens with two attached hydrogens (primary N) is 1. The number of H-pyrrole nitrogens is 1. The van der Waals surface area contributed by atoms with Gasteiger partial charge >= 0.3 is 0 Å². The van der Waals surface area contributed by atoms with Crippen LogP contribution in [0.25, 0.3) is 28.1 Å². The van der Waals surface area contributed by atoms with Crippen molar-refractivity contribution in [2.24, 2.45) is 5.92 Å². The van der Waals surface area contributed by atoms with Crippen LogP contribution in [0.2, 0.25) is 10.2 Å². The summed E-state index contributed by atoms with van der Waals surface area (Å²) >= 11 is 12.3. The van der Waals surface area contributed by atoms with Crippen LogP contribution in [0.3, 0.4) is 0 Å². The molecule has 9 nitrogen and oxygen atoms in total. The molecule has 190 valence electrons. The maximum atomic E-state index is 14.9. The summed E-state index contributed by atoms with van der Waals surface area (Å²) in [6, 6.07) is 10.8. The third-order valence-corrected chi connectivity index (χ3v) is 7.48. The molecule has 3 N–H and O–H groups in total. The lowest BCUT2D eigenvalue weighted by Gasteiger charge is -2.17. The Morgan fingerprint density at radius 3 is 2.66 bits per heavy atom. The van der Waals surface area contributed by atoms with E-state index < -0.39 is 17.9 Å². The van der Waals surface area contributed by atoms with E-state index in [4.69, 9.17) is 28.9 Å². The van der Waals surface area contributed by atoms with Gasteiger partial charge in [0.25, 0.3) is 5.56 Å². The van der Waals surface area contributed by atoms with Crippen molar-refractivity contribution in [2.75, 3.05) is 5.73 Å². The molecule has 1 aliphatic heterocycles. The number of pyridine rings is 2. The molecule has 7 rings (SSSR count). The van der Waals surface area contributed by atoms with E-state index in [0.717, 1.165) is 12.1 Å². The molecule has 5 aromatic rings. The van der Waals surface area contributed by atoms with E-state index in [1.165, 1.54) is 22.9 Å². The van der Waals surface area contributed by atoms with Crippen molar-refractivity contribution in [3.63, 3.8) is 0 Å². The number of nitrogen functional groups attached to an aromatic ring is 1. The number of rotatable bonds is 4. The van der Waals surface area contributed by atoms with Crippen molar-refractivity contribution >= 4 is 29.0 Å². The zero-order chi connectivity index (χ0) is 26.3. The maximum Gasteiger partial charge on any atom is 0.252 e. The van der Waals surface area contributed by atoms with Crippen LogP contribution in [-0.2, 0) is 0 Å². The average Bonchev–Trinajstić information content (AvgIpc) is 3.19. The minimum atomic E-state index is -0.925. The number of halogens is 4. The van der Waals surface area contributed by atoms with Gasteiger partial charge < -0.3 is 15.3 Å². The number of anilines is 1. The lowest BCUT2D eigenvalue weighted by atomic mass is 10.0. The van der Waals surface area contributed by atoms with Gasteiger partial charge in [0.15, 0.2) is 5.15 Å². The monoisotopic (exact) mass is 552 g/mol. The number of nitrogens with zero attached hydrogens (tertiary/aromatic N) is 6. The molecule has 2 aliphatic rings. The van der Waals surface area contributed by atoms with Gasteiger partial charge in [-0.05, 0) is 54.3 Å². The van der Waals surface area contributed by atoms with Crippen LogP contribution in [-0.4, -0.2) is 34.5 Å². The third-order valence-electron chi connectivity index (χ3n) is 7.07. The predicted octanol–water partition coefficient (Wildman–Crippen LogP) is 4.75. The normalized spacial score (nSPS) is 19.4. The van der Waals surface area contributed by atoms with Crippen LogP contribution < -0.4 is 11.3 Å². The largest absolute Gasteiger partial charge is 0.384 e. The minimum absolute atomic E-state index is 0.0231. The van der Waals surface area contributed by atoms with Crippen molar-refractivity contribution in [3.05, 3.63) is 92.6 Å². The van der Waals surface area contributed by atoms with Gasteiger partial charge in [0.2, 0.25) is 11.9 Å². The van der Waals surface area contributed by atoms with Crippen molar-refractivity contribution < 1.29 is 8.78 Å². The molecule has 0 amide bonds. The number of nitrogens with one attached hydrogen (secondary N) is 1. The quantitative estimate of drug-likeness (QED) is 0.310. The van der Waals surface area contributed by atoms with Gasteiger partial charge in [-0.1, -0.05) is 28.4 Å². The van der Waals surface area contributed by atoms with E-state index >= 15 is 0 Å². The van der Waals surface area contributed by atoms with Gasteiger partial charge in [0.05, 0.1) is 23.5 Å². The fourth-order valence-corrected chi connectivity index (χ4v) is 5.67. The highest BCUT2D eigenvalue weighted by atomic mass is 35.5. The molecular weight excluding hydrogens is 537 g/mol. The molecule has 0 saturated heterocycles. The second-order valence-electron chi connectivity index (χ2n) is 9.33. The second-order valence-corrected chi connectivity index (χ2v) is 10.2. The second kappa shape index (κ2) is 8.20. The molecule has 3 atom stereocenters. The van der Waals surface area contributed by atoms with Gasteiger partial charge in [0, 0.05) is 28.3 Å². The smallest absolute Gasteiger partial charge is 0.252 e. The molecular formula is C25H16Cl2F2N8O. The highest BCUT2D eigenvalue weighted by molar-refractivity contribution is 6.31. The fraction of sp³-hybridized carbons (Fsp3) is 0.160. The van der Waals surface area contributed by atoms with Crippen LogP contribution >= 0.6 is 23.2 Å². The zero-order valence-corrected chi connectivity index (χ0v) is 20.8. The van der Waals surface area contributed by atoms with E-state index in [2.05, 4.69) is 25.3 Å². The van der Waals surface area contributed by atoms with E-state index in [1.807, 2.05) is 6.07 Å². The van der Waals surface area contributed by atoms with E-state index in [-0.39, 0.29) is 45.4 Å². The molecule has 5 heterocycles. The Kier molecular flexibility index (Phi) is 4.98. The number of fused-ring (bicyclic) bond motifs is 3. The molecule has 3 unspecified atom stereocenters. The molecule has 1 aliphatic carbocycles. The van der Waals surface area contributed by atoms with Gasteiger partial charge in [-0.2, -0.15) is 8.78 Å². The first kappa shape index (κ1) is 23.1. The highest BCUT2D eigenvalue weighted by Gasteiger charge is 2.54. The summed E-state index contributed by atoms with van der Waals surface area (Å²) in [4.78, 5) is 24.0. The van der Waals surface area contributed by atoms with Crippen molar-refractivity contribution in [1.82, 2.24) is 34.5 Å². The Morgan fingerprint density at radius 1 is 1.05 bits per heavy atom. The van der Waals surface area contributed by atoms with Gasteiger partial charge in [-0.25, -0.2) is 14.6 Å². The summed E-state index contributed by atoms with van der Waals surface area (Å²) in [5, 5.41) is 8.59. The number of benzene rings is 1. The molecule has 13 heteroatoms. The van der Waals surface area contributed by atoms with Crippen molar-refractivity contribution in [2.45, 2.75) is 18.4 Å². The van der Waals surface area contributed by atoms with E-state index in [9.17, 15) is 13.6 Å². The molecule has 1 saturated carbocycles. The molecule has 1 aromatic carbocycles. The predicted molar refractivity (Wildman–Crippen MR) is 136 cm³/mol. The number of hydrogen-bond donors (Lipinski definition) is 2. The third kappa shape index (κ3) is 3.53. The first-order valence-electron chi connectivity index (χ1n) is 11.6. The summed E-state index contributed by atoms with van der Waals surface area (Å²) in [6.45, 7) is 0. The Labute approximate surface area is 222 Å². The Hall–Kier alpha value is -4.09. The summed E-state index contributed by atoms with van der Waals surface area (Å²) in [7, 11) is 0. The Morgan fingerprint density at radius 2 is 1.89 bits per heavy atom. The highest BCUT2D eigenvalue weighted by Crippen LogP contribution is 2.60. The average molecular weight is 553 g/mol. The van der Waals surface area contributed by atoms with Gasteiger partial charge in [-0.3, -0.25) is 4.79 Å². The molecule has 0 bridgehead atoms. The molecule has 1 fully saturated rings. The number of hydrogen-bond acceptors (Lipinski definition) is 6. The number of aromatic amines is 1. The van der Waals surface area contributed by atoms with E-state index in [1.54, 1.807) is 29.0 Å². The van der Waals surface area contributed by atoms with Crippen molar-refractivity contribution in [1.29, 1.82) is 0 Å². The summed E-state index contributed by atoms with van der Waals surface area (Å²) < 4.78 is 32.4. The topological polar surface area (TPSA) is 120 Å². The first-order valence-corrected chi connectivity index (χ1v) is 12.4. The molecule has 38 heavy (non-hydrogen) atoms. The van der Waals surface area contributed by atoms with Crippen LogP contribution in [0.15, 0.2) is 53.5 Å². The van der Waals surface area contributed by atoms with Crippen molar-refractivity contribution in [3.8, 4) is 28.1 Å². The standard InChI is InChI=1S/C25H16Cl2F2N8O/c26-11-1-3-16(36-9-18(27)34-35-36)13(7-11)10-5-17-14-8-15(14)22(37(17)20(38)6-10)25-32-21(24(29)33-25)12-2-4-19(30)31-23(12)28/h1-7,9,14-15,22H,8H2,(H2,30,31)(H,32,33). The van der Waals surface area contributed by atoms with Gasteiger partial charge in [-0.15, -0.1) is 5.10 Å². The van der Waals surface area contributed by atoms with Gasteiger partial charge in [0.1, 0.15) is 17.3 Å². The summed E-state index contributed by atoms with van der Waals surface area (Å²) in [6.07, 6.45) is 2.37. The van der Waals surface area contributed by atoms with Crippen LogP contribution in [0, 0.1) is 17.8 Å². The molecule has 4 aromatic heterocycles. The maximum absolute atomic E-state index is 14.9. The van der Waals surface area contributed by atoms with Crippen LogP contribution in [0.1, 0.15) is 29.9 Å². The van der Waals surface area contributed by atoms with Crippen LogP contribution in [0.4, 0.5) is 14.6 Å². The van der Waals surface area contributed by atoms with Crippen LogP contribution in [0.5, 0.6) is 0 Å². The molecule has 0 spiro atoms.